The Morgan fingerprint density at radius 3 is 2.08 bits per heavy atom. The summed E-state index contributed by atoms with van der Waals surface area (Å²) in [6, 6.07) is 16.5. The van der Waals surface area contributed by atoms with Crippen LogP contribution in [0.1, 0.15) is 0 Å². The van der Waals surface area contributed by atoms with Crippen molar-refractivity contribution in [1.82, 2.24) is 0 Å². The predicted molar refractivity (Wildman–Crippen MR) is 141 cm³/mol. The summed E-state index contributed by atoms with van der Waals surface area (Å²) in [5, 5.41) is 2.58. The Morgan fingerprint density at radius 1 is 0.838 bits per heavy atom. The van der Waals surface area contributed by atoms with Crippen molar-refractivity contribution in [3.63, 3.8) is 0 Å². The first-order valence-electron chi connectivity index (χ1n) is 10.7. The van der Waals surface area contributed by atoms with Crippen molar-refractivity contribution in [2.45, 2.75) is 4.90 Å². The third-order valence-corrected chi connectivity index (χ3v) is 7.65. The van der Waals surface area contributed by atoms with Crippen molar-refractivity contribution in [3.8, 4) is 17.2 Å². The quantitative estimate of drug-likeness (QED) is 0.372. The number of carbonyl (C=O) groups excluding carboxylic acids is 1. The van der Waals surface area contributed by atoms with Crippen LogP contribution in [-0.2, 0) is 24.8 Å². The highest BCUT2D eigenvalue weighted by Gasteiger charge is 2.24. The second-order valence-corrected chi connectivity index (χ2v) is 11.3. The lowest BCUT2D eigenvalue weighted by Crippen LogP contribution is -2.37. The van der Waals surface area contributed by atoms with E-state index in [9.17, 15) is 21.6 Å². The van der Waals surface area contributed by atoms with Gasteiger partial charge in [0.2, 0.25) is 15.9 Å². The zero-order valence-electron chi connectivity index (χ0n) is 20.6. The zero-order valence-corrected chi connectivity index (χ0v) is 22.2. The van der Waals surface area contributed by atoms with E-state index in [0.29, 0.717) is 11.5 Å². The Balaban J connectivity index is 1.76. The van der Waals surface area contributed by atoms with Crippen LogP contribution in [0.5, 0.6) is 17.2 Å². The number of carbonyl (C=O) groups is 1. The van der Waals surface area contributed by atoms with Gasteiger partial charge in [-0.25, -0.2) is 16.8 Å². The molecular formula is C24H27N3O8S2. The van der Waals surface area contributed by atoms with Crippen molar-refractivity contribution < 1.29 is 35.8 Å². The lowest BCUT2D eigenvalue weighted by atomic mass is 10.3. The van der Waals surface area contributed by atoms with Crippen molar-refractivity contribution >= 4 is 43.0 Å². The second kappa shape index (κ2) is 11.4. The van der Waals surface area contributed by atoms with E-state index in [1.54, 1.807) is 30.3 Å². The highest BCUT2D eigenvalue weighted by molar-refractivity contribution is 7.92. The maximum absolute atomic E-state index is 12.9. The number of nitrogens with one attached hydrogen (secondary N) is 2. The first kappa shape index (κ1) is 27.6. The highest BCUT2D eigenvalue weighted by Crippen LogP contribution is 2.31. The number of benzene rings is 3. The van der Waals surface area contributed by atoms with Crippen molar-refractivity contribution in [2.24, 2.45) is 0 Å². The van der Waals surface area contributed by atoms with Crippen LogP contribution in [0.3, 0.4) is 0 Å². The molecule has 0 fully saturated rings. The molecule has 37 heavy (non-hydrogen) atoms. The van der Waals surface area contributed by atoms with Crippen molar-refractivity contribution in [2.75, 3.05) is 48.5 Å². The lowest BCUT2D eigenvalue weighted by molar-refractivity contribution is -0.114. The largest absolute Gasteiger partial charge is 0.497 e. The monoisotopic (exact) mass is 549 g/mol. The average molecular weight is 550 g/mol. The summed E-state index contributed by atoms with van der Waals surface area (Å²) in [5.41, 5.74) is 0.677. The molecule has 0 unspecified atom stereocenters. The highest BCUT2D eigenvalue weighted by atomic mass is 32.2. The first-order chi connectivity index (χ1) is 17.5. The molecule has 3 aromatic carbocycles. The summed E-state index contributed by atoms with van der Waals surface area (Å²) in [6.07, 6.45) is 0.983. The molecule has 0 spiro atoms. The molecule has 0 saturated heterocycles. The summed E-state index contributed by atoms with van der Waals surface area (Å²) in [6.45, 7) is -0.517. The van der Waals surface area contributed by atoms with Crippen LogP contribution in [0.15, 0.2) is 71.6 Å². The fourth-order valence-electron chi connectivity index (χ4n) is 3.36. The minimum absolute atomic E-state index is 0.0674. The zero-order chi connectivity index (χ0) is 27.2. The minimum Gasteiger partial charge on any atom is -0.497 e. The molecule has 0 heterocycles. The lowest BCUT2D eigenvalue weighted by Gasteiger charge is -2.23. The number of nitrogens with zero attached hydrogens (tertiary/aromatic N) is 1. The molecule has 0 aliphatic rings. The van der Waals surface area contributed by atoms with Crippen LogP contribution >= 0.6 is 0 Å². The molecule has 0 atom stereocenters. The number of hydrogen-bond acceptors (Lipinski definition) is 8. The Morgan fingerprint density at radius 2 is 1.49 bits per heavy atom. The standard InChI is InChI=1S/C24H27N3O8S2/c1-33-18-11-14-22(34-2)20(15-18)26-37(31,32)19-12-9-17(10-13-19)25-24(28)16-27(36(4,29)30)21-7-5-6-8-23(21)35-3/h5-15,26H,16H2,1-4H3,(H,25,28). The van der Waals surface area contributed by atoms with E-state index < -0.39 is 32.5 Å². The fraction of sp³-hybridized carbons (Fsp3) is 0.208. The molecule has 11 nitrogen and oxygen atoms in total. The number of rotatable bonds is 11. The topological polar surface area (TPSA) is 140 Å². The van der Waals surface area contributed by atoms with Crippen LogP contribution in [0.25, 0.3) is 0 Å². The molecule has 0 aliphatic carbocycles. The van der Waals surface area contributed by atoms with Gasteiger partial charge in [0.05, 0.1) is 43.9 Å². The maximum atomic E-state index is 12.9. The third kappa shape index (κ3) is 6.83. The molecule has 3 rings (SSSR count). The van der Waals surface area contributed by atoms with Gasteiger partial charge in [-0.1, -0.05) is 12.1 Å². The van der Waals surface area contributed by atoms with Gasteiger partial charge in [0.1, 0.15) is 23.8 Å². The SMILES string of the molecule is COc1ccc(OC)c(NS(=O)(=O)c2ccc(NC(=O)CN(c3ccccc3OC)S(C)(=O)=O)cc2)c1. The number of hydrogen-bond donors (Lipinski definition) is 2. The van der Waals surface area contributed by atoms with E-state index in [4.69, 9.17) is 14.2 Å². The van der Waals surface area contributed by atoms with Gasteiger partial charge in [0.15, 0.2) is 0 Å². The smallest absolute Gasteiger partial charge is 0.262 e. The average Bonchev–Trinajstić information content (AvgIpc) is 2.86. The Kier molecular flexibility index (Phi) is 8.50. The van der Waals surface area contributed by atoms with Crippen LogP contribution in [0.2, 0.25) is 0 Å². The van der Waals surface area contributed by atoms with Crippen LogP contribution in [0, 0.1) is 0 Å². The fourth-order valence-corrected chi connectivity index (χ4v) is 5.28. The normalized spacial score (nSPS) is 11.4. The molecule has 0 aliphatic heterocycles. The van der Waals surface area contributed by atoms with Crippen LogP contribution < -0.4 is 28.6 Å². The first-order valence-corrected chi connectivity index (χ1v) is 14.1. The summed E-state index contributed by atoms with van der Waals surface area (Å²) in [4.78, 5) is 12.6. The molecule has 13 heteroatoms. The number of anilines is 3. The van der Waals surface area contributed by atoms with Gasteiger partial charge in [-0.05, 0) is 48.5 Å². The van der Waals surface area contributed by atoms with Gasteiger partial charge in [0.25, 0.3) is 10.0 Å². The van der Waals surface area contributed by atoms with Gasteiger partial charge in [0, 0.05) is 11.8 Å². The van der Waals surface area contributed by atoms with Gasteiger partial charge < -0.3 is 19.5 Å². The van der Waals surface area contributed by atoms with E-state index in [1.807, 2.05) is 0 Å². The minimum atomic E-state index is -4.00. The summed E-state index contributed by atoms with van der Waals surface area (Å²) in [5.74, 6) is 0.396. The van der Waals surface area contributed by atoms with Crippen molar-refractivity contribution in [1.29, 1.82) is 0 Å². The number of para-hydroxylation sites is 2. The van der Waals surface area contributed by atoms with Gasteiger partial charge in [-0.15, -0.1) is 0 Å². The Labute approximate surface area is 216 Å². The second-order valence-electron chi connectivity index (χ2n) is 7.69. The molecular weight excluding hydrogens is 522 g/mol. The van der Waals surface area contributed by atoms with E-state index in [2.05, 4.69) is 10.0 Å². The molecule has 3 aromatic rings. The number of sulfonamides is 2. The molecule has 0 aromatic heterocycles. The van der Waals surface area contributed by atoms with Crippen molar-refractivity contribution in [3.05, 3.63) is 66.7 Å². The van der Waals surface area contributed by atoms with E-state index in [-0.39, 0.29) is 27.7 Å². The van der Waals surface area contributed by atoms with E-state index in [0.717, 1.165) is 10.6 Å². The Hall–Kier alpha value is -3.97. The van der Waals surface area contributed by atoms with Crippen LogP contribution in [-0.4, -0.2) is 56.9 Å². The number of methoxy groups -OCH3 is 3. The number of amides is 1. The predicted octanol–water partition coefficient (Wildman–Crippen LogP) is 2.92. The summed E-state index contributed by atoms with van der Waals surface area (Å²) >= 11 is 0. The van der Waals surface area contributed by atoms with E-state index >= 15 is 0 Å². The Bertz CT molecular complexity index is 1470. The molecule has 0 saturated carbocycles. The molecule has 2 N–H and O–H groups in total. The third-order valence-electron chi connectivity index (χ3n) is 5.14. The molecule has 198 valence electrons. The summed E-state index contributed by atoms with van der Waals surface area (Å²) in [7, 11) is -3.55. The van der Waals surface area contributed by atoms with Crippen LogP contribution in [0.4, 0.5) is 17.1 Å². The molecule has 0 radical (unpaired) electrons. The maximum Gasteiger partial charge on any atom is 0.262 e. The van der Waals surface area contributed by atoms with Gasteiger partial charge >= 0.3 is 0 Å². The van der Waals surface area contributed by atoms with E-state index in [1.165, 1.54) is 57.7 Å². The van der Waals surface area contributed by atoms with Gasteiger partial charge in [-0.2, -0.15) is 0 Å². The number of ether oxygens (including phenoxy) is 3. The summed E-state index contributed by atoms with van der Waals surface area (Å²) < 4.78 is 69.5. The molecule has 0 bridgehead atoms. The molecule has 1 amide bonds. The van der Waals surface area contributed by atoms with Gasteiger partial charge in [-0.3, -0.25) is 13.8 Å².